The number of carbonyl (C=O) groups is 2. The fourth-order valence-corrected chi connectivity index (χ4v) is 11.6. The van der Waals surface area contributed by atoms with Gasteiger partial charge in [-0.15, -0.1) is 0 Å². The quantitative estimate of drug-likeness (QED) is 0.0364. The minimum Gasteiger partial charge on any atom is -0.550 e. The van der Waals surface area contributed by atoms with Gasteiger partial charge in [0.25, 0.3) is 10.1 Å². The second-order valence-corrected chi connectivity index (χ2v) is 22.4. The minimum absolute atomic E-state index is 0. The SMILES string of the molecule is CCCCCCCCCCCCCCCCCCCCCCCCCCC(CC(=O)[O-])C(CCCCCCCCCCCCCCCCCCCCCCCCCC)(C(=O)[O-])S(=O)(=O)O.[K+].[K+]. The van der Waals surface area contributed by atoms with E-state index in [0.717, 1.165) is 44.9 Å². The van der Waals surface area contributed by atoms with Crippen molar-refractivity contribution in [3.8, 4) is 0 Å². The normalized spacial score (nSPS) is 12.9. The Bertz CT molecular complexity index is 1140. The Labute approximate surface area is 503 Å². The van der Waals surface area contributed by atoms with Crippen LogP contribution in [0.4, 0.5) is 0 Å². The number of carbonyl (C=O) groups excluding carboxylic acids is 2. The molecule has 67 heavy (non-hydrogen) atoms. The number of unbranched alkanes of at least 4 members (excludes halogenated alkanes) is 46. The first-order valence-corrected chi connectivity index (χ1v) is 30.5. The Hall–Kier alpha value is 2.12. The fourth-order valence-electron chi connectivity index (χ4n) is 10.3. The van der Waals surface area contributed by atoms with E-state index in [0.29, 0.717) is 12.8 Å². The Morgan fingerprint density at radius 1 is 0.373 bits per heavy atom. The van der Waals surface area contributed by atoms with Gasteiger partial charge < -0.3 is 19.8 Å². The average Bonchev–Trinajstić information content (AvgIpc) is 3.27. The molecule has 0 saturated heterocycles. The zero-order chi connectivity index (χ0) is 47.8. The number of hydrogen-bond acceptors (Lipinski definition) is 6. The van der Waals surface area contributed by atoms with Gasteiger partial charge in [0.05, 0.1) is 5.97 Å². The van der Waals surface area contributed by atoms with Gasteiger partial charge in [-0.3, -0.25) is 4.55 Å². The van der Waals surface area contributed by atoms with E-state index < -0.39 is 39.1 Å². The van der Waals surface area contributed by atoms with Gasteiger partial charge in [-0.1, -0.05) is 322 Å². The maximum atomic E-state index is 12.7. The largest absolute Gasteiger partial charge is 1.00 e. The van der Waals surface area contributed by atoms with Crippen LogP contribution in [0.1, 0.15) is 341 Å². The van der Waals surface area contributed by atoms with E-state index in [2.05, 4.69) is 13.8 Å². The van der Waals surface area contributed by atoms with Crippen LogP contribution in [-0.4, -0.2) is 29.7 Å². The van der Waals surface area contributed by atoms with E-state index in [-0.39, 0.29) is 122 Å². The molecule has 2 unspecified atom stereocenters. The Morgan fingerprint density at radius 3 is 0.746 bits per heavy atom. The molecular weight excluding hydrogens is 907 g/mol. The van der Waals surface area contributed by atoms with Crippen molar-refractivity contribution in [2.45, 2.75) is 346 Å². The van der Waals surface area contributed by atoms with Crippen molar-refractivity contribution in [2.24, 2.45) is 5.92 Å². The third-order valence-corrected chi connectivity index (χ3v) is 16.3. The Kier molecular flexibility index (Phi) is 61.2. The molecule has 388 valence electrons. The molecule has 0 spiro atoms. The minimum atomic E-state index is -5.13. The van der Waals surface area contributed by atoms with Gasteiger partial charge in [0.2, 0.25) is 0 Å². The van der Waals surface area contributed by atoms with Crippen molar-refractivity contribution in [3.05, 3.63) is 0 Å². The van der Waals surface area contributed by atoms with E-state index in [4.69, 9.17) is 0 Å². The summed E-state index contributed by atoms with van der Waals surface area (Å²) in [5.74, 6) is -4.70. The molecule has 0 aliphatic rings. The zero-order valence-electron chi connectivity index (χ0n) is 45.4. The number of carboxylic acids is 2. The van der Waals surface area contributed by atoms with Crippen LogP contribution in [0.3, 0.4) is 0 Å². The molecular formula is C57H110K2O7S. The van der Waals surface area contributed by atoms with Gasteiger partial charge in [0.1, 0.15) is 4.75 Å². The van der Waals surface area contributed by atoms with Crippen molar-refractivity contribution in [3.63, 3.8) is 0 Å². The predicted octanol–water partition coefficient (Wildman–Crippen LogP) is 10.7. The van der Waals surface area contributed by atoms with E-state index in [9.17, 15) is 32.8 Å². The van der Waals surface area contributed by atoms with Gasteiger partial charge >= 0.3 is 103 Å². The van der Waals surface area contributed by atoms with Gasteiger partial charge in [-0.05, 0) is 25.2 Å². The molecule has 0 fully saturated rings. The molecule has 1 N–H and O–H groups in total. The molecule has 2 atom stereocenters. The van der Waals surface area contributed by atoms with E-state index in [1.807, 2.05) is 0 Å². The van der Waals surface area contributed by atoms with Crippen LogP contribution in [0.15, 0.2) is 0 Å². The summed E-state index contributed by atoms with van der Waals surface area (Å²) in [5, 5.41) is 24.2. The molecule has 0 heterocycles. The van der Waals surface area contributed by atoms with Crippen LogP contribution in [0, 0.1) is 5.92 Å². The summed E-state index contributed by atoms with van der Waals surface area (Å²) in [7, 11) is -5.13. The topological polar surface area (TPSA) is 135 Å². The van der Waals surface area contributed by atoms with Crippen molar-refractivity contribution < 1.29 is 136 Å². The number of hydrogen-bond donors (Lipinski definition) is 1. The summed E-state index contributed by atoms with van der Waals surface area (Å²) in [5.41, 5.74) is 0. The second-order valence-electron chi connectivity index (χ2n) is 20.7. The Balaban J connectivity index is -0.0000205. The molecule has 10 heteroatoms. The van der Waals surface area contributed by atoms with Crippen LogP contribution in [0.5, 0.6) is 0 Å². The van der Waals surface area contributed by atoms with Gasteiger partial charge in [-0.2, -0.15) is 8.42 Å². The number of rotatable bonds is 55. The van der Waals surface area contributed by atoms with E-state index >= 15 is 0 Å². The van der Waals surface area contributed by atoms with Crippen molar-refractivity contribution in [2.75, 3.05) is 0 Å². The predicted molar refractivity (Wildman–Crippen MR) is 275 cm³/mol. The molecule has 0 aliphatic carbocycles. The van der Waals surface area contributed by atoms with Gasteiger partial charge in [0.15, 0.2) is 0 Å². The van der Waals surface area contributed by atoms with Crippen LogP contribution in [0.25, 0.3) is 0 Å². The first-order valence-electron chi connectivity index (χ1n) is 29.0. The summed E-state index contributed by atoms with van der Waals surface area (Å²) < 4.78 is 33.1. The standard InChI is InChI=1S/C57H112O7S.2K/c1-3-5-7-9-11-13-15-17-19-21-23-25-27-29-31-33-35-37-39-41-43-45-47-49-51-54(53-55(58)59)57(56(60)61,65(62,63)64)52-50-48-46-44-42-40-38-36-34-32-30-28-26-24-22-20-18-16-14-12-10-8-6-4-2;;/h54H,3-53H2,1-2H3,(H,58,59)(H,60,61)(H,62,63,64);;/q;2*+1/p-2. The van der Waals surface area contributed by atoms with Gasteiger partial charge in [-0.25, -0.2) is 0 Å². The molecule has 7 nitrogen and oxygen atoms in total. The molecule has 0 rings (SSSR count). The molecule has 0 aromatic rings. The zero-order valence-corrected chi connectivity index (χ0v) is 52.5. The van der Waals surface area contributed by atoms with Crippen molar-refractivity contribution in [1.29, 1.82) is 0 Å². The van der Waals surface area contributed by atoms with Crippen LogP contribution in [-0.2, 0) is 19.7 Å². The average molecular weight is 1020 g/mol. The summed E-state index contributed by atoms with van der Waals surface area (Å²) in [4.78, 5) is 24.2. The van der Waals surface area contributed by atoms with E-state index in [1.165, 1.54) is 244 Å². The van der Waals surface area contributed by atoms with Gasteiger partial charge in [0, 0.05) is 5.97 Å². The molecule has 0 bridgehead atoms. The summed E-state index contributed by atoms with van der Waals surface area (Å²) in [6.45, 7) is 4.56. The smallest absolute Gasteiger partial charge is 0.550 e. The third kappa shape index (κ3) is 46.4. The first kappa shape index (κ1) is 73.4. The van der Waals surface area contributed by atoms with Crippen LogP contribution >= 0.6 is 0 Å². The fraction of sp³-hybridized carbons (Fsp3) is 0.965. The summed E-state index contributed by atoms with van der Waals surface area (Å²) >= 11 is 0. The third-order valence-electron chi connectivity index (χ3n) is 14.7. The Morgan fingerprint density at radius 2 is 0.567 bits per heavy atom. The molecule has 0 amide bonds. The molecule has 0 aliphatic heterocycles. The van der Waals surface area contributed by atoms with Crippen molar-refractivity contribution >= 4 is 22.1 Å². The monoisotopic (exact) mass is 1020 g/mol. The molecule has 0 saturated carbocycles. The summed E-state index contributed by atoms with van der Waals surface area (Å²) in [6.07, 6.45) is 59.0. The maximum absolute atomic E-state index is 12.7. The molecule has 0 aromatic heterocycles. The maximum Gasteiger partial charge on any atom is 1.00 e. The molecule has 0 aromatic carbocycles. The van der Waals surface area contributed by atoms with E-state index in [1.54, 1.807) is 0 Å². The van der Waals surface area contributed by atoms with Crippen LogP contribution in [0.2, 0.25) is 0 Å². The number of carboxylic acid groups (broad SMARTS) is 2. The van der Waals surface area contributed by atoms with Crippen molar-refractivity contribution in [1.82, 2.24) is 0 Å². The van der Waals surface area contributed by atoms with Crippen LogP contribution < -0.4 is 113 Å². The first-order chi connectivity index (χ1) is 31.6. The number of aliphatic carboxylic acids is 2. The summed E-state index contributed by atoms with van der Waals surface area (Å²) in [6, 6.07) is 0. The molecule has 0 radical (unpaired) electrons. The second kappa shape index (κ2) is 55.9.